The van der Waals surface area contributed by atoms with Crippen molar-refractivity contribution < 1.29 is 0 Å². The van der Waals surface area contributed by atoms with Crippen LogP contribution < -0.4 is 5.73 Å². The van der Waals surface area contributed by atoms with Crippen LogP contribution >= 0.6 is 0 Å². The molecule has 0 amide bonds. The lowest BCUT2D eigenvalue weighted by molar-refractivity contribution is 0.575. The molecule has 0 aliphatic rings. The molecule has 0 aromatic carbocycles. The van der Waals surface area contributed by atoms with Gasteiger partial charge >= 0.3 is 0 Å². The minimum absolute atomic E-state index is 0.0653. The average molecular weight is 191 g/mol. The van der Waals surface area contributed by atoms with Crippen LogP contribution in [-0.4, -0.2) is 25.6 Å². The van der Waals surface area contributed by atoms with E-state index in [-0.39, 0.29) is 12.0 Å². The number of rotatable bonds is 2. The third-order valence-corrected chi connectivity index (χ3v) is 2.44. The first-order chi connectivity index (χ1) is 6.70. The van der Waals surface area contributed by atoms with Gasteiger partial charge in [0, 0.05) is 24.4 Å². The van der Waals surface area contributed by atoms with E-state index in [1.165, 1.54) is 0 Å². The lowest BCUT2D eigenvalue weighted by Crippen LogP contribution is -2.24. The third kappa shape index (κ3) is 1.35. The molecular weight excluding hydrogens is 178 g/mol. The second kappa shape index (κ2) is 3.34. The van der Waals surface area contributed by atoms with Crippen LogP contribution in [0.5, 0.6) is 0 Å². The van der Waals surface area contributed by atoms with Crippen molar-refractivity contribution in [3.8, 4) is 0 Å². The first-order valence-electron chi connectivity index (χ1n) is 4.60. The van der Waals surface area contributed by atoms with Crippen LogP contribution in [0.2, 0.25) is 0 Å². The van der Waals surface area contributed by atoms with E-state index in [9.17, 15) is 0 Å². The summed E-state index contributed by atoms with van der Waals surface area (Å²) in [6.07, 6.45) is 5.25. The quantitative estimate of drug-likeness (QED) is 0.753. The van der Waals surface area contributed by atoms with Gasteiger partial charge in [-0.2, -0.15) is 0 Å². The Hall–Kier alpha value is -1.49. The standard InChI is InChI=1S/C9H13N5/c1-6(7(2)10)9-13-12-8-5-11-3-4-14(8)9/h3-7H,10H2,1-2H3. The summed E-state index contributed by atoms with van der Waals surface area (Å²) in [4.78, 5) is 3.98. The summed E-state index contributed by atoms with van der Waals surface area (Å²) in [7, 11) is 0. The largest absolute Gasteiger partial charge is 0.327 e. The molecule has 2 heterocycles. The molecule has 0 radical (unpaired) electrons. The van der Waals surface area contributed by atoms with Gasteiger partial charge in [0.05, 0.1) is 6.20 Å². The van der Waals surface area contributed by atoms with E-state index in [4.69, 9.17) is 5.73 Å². The topological polar surface area (TPSA) is 69.1 Å². The van der Waals surface area contributed by atoms with Crippen LogP contribution in [0.15, 0.2) is 18.6 Å². The fourth-order valence-electron chi connectivity index (χ4n) is 1.32. The summed E-state index contributed by atoms with van der Waals surface area (Å²) < 4.78 is 1.92. The molecule has 74 valence electrons. The second-order valence-corrected chi connectivity index (χ2v) is 3.51. The van der Waals surface area contributed by atoms with Crippen molar-refractivity contribution in [3.63, 3.8) is 0 Å². The molecule has 0 bridgehead atoms. The molecule has 5 heteroatoms. The number of aromatic nitrogens is 4. The van der Waals surface area contributed by atoms with E-state index < -0.39 is 0 Å². The van der Waals surface area contributed by atoms with Gasteiger partial charge < -0.3 is 5.73 Å². The van der Waals surface area contributed by atoms with Crippen molar-refractivity contribution in [2.45, 2.75) is 25.8 Å². The average Bonchev–Trinajstić information content (AvgIpc) is 2.60. The van der Waals surface area contributed by atoms with Crippen LogP contribution in [0.1, 0.15) is 25.6 Å². The van der Waals surface area contributed by atoms with Gasteiger partial charge in [0.1, 0.15) is 5.82 Å². The number of nitrogens with zero attached hydrogens (tertiary/aromatic N) is 4. The van der Waals surface area contributed by atoms with E-state index in [0.29, 0.717) is 0 Å². The predicted molar refractivity (Wildman–Crippen MR) is 52.8 cm³/mol. The molecule has 0 saturated carbocycles. The predicted octanol–water partition coefficient (Wildman–Crippen LogP) is 0.575. The maximum Gasteiger partial charge on any atom is 0.179 e. The van der Waals surface area contributed by atoms with Crippen molar-refractivity contribution in [1.29, 1.82) is 0 Å². The monoisotopic (exact) mass is 191 g/mol. The van der Waals surface area contributed by atoms with Crippen LogP contribution in [0.4, 0.5) is 0 Å². The van der Waals surface area contributed by atoms with Gasteiger partial charge in [-0.05, 0) is 6.92 Å². The Labute approximate surface area is 82.0 Å². The van der Waals surface area contributed by atoms with Gasteiger partial charge in [0.25, 0.3) is 0 Å². The van der Waals surface area contributed by atoms with Gasteiger partial charge in [-0.15, -0.1) is 10.2 Å². The van der Waals surface area contributed by atoms with E-state index in [1.54, 1.807) is 12.4 Å². The highest BCUT2D eigenvalue weighted by Gasteiger charge is 2.16. The van der Waals surface area contributed by atoms with Crippen molar-refractivity contribution >= 4 is 5.65 Å². The normalized spacial score (nSPS) is 15.6. The Morgan fingerprint density at radius 1 is 1.36 bits per heavy atom. The molecule has 0 aliphatic carbocycles. The maximum atomic E-state index is 5.82. The molecule has 0 saturated heterocycles. The van der Waals surface area contributed by atoms with Crippen LogP contribution in [0.25, 0.3) is 5.65 Å². The zero-order valence-electron chi connectivity index (χ0n) is 8.25. The SMILES string of the molecule is CC(N)C(C)c1nnc2cnccn12. The summed E-state index contributed by atoms with van der Waals surface area (Å²) in [5, 5.41) is 8.13. The van der Waals surface area contributed by atoms with Crippen molar-refractivity contribution in [2.75, 3.05) is 0 Å². The maximum absolute atomic E-state index is 5.82. The molecule has 0 spiro atoms. The minimum atomic E-state index is 0.0653. The molecule has 2 aromatic heterocycles. The van der Waals surface area contributed by atoms with Crippen molar-refractivity contribution in [2.24, 2.45) is 5.73 Å². The first-order valence-corrected chi connectivity index (χ1v) is 4.60. The zero-order chi connectivity index (χ0) is 10.1. The van der Waals surface area contributed by atoms with Gasteiger partial charge in [-0.25, -0.2) is 0 Å². The molecule has 2 atom stereocenters. The zero-order valence-corrected chi connectivity index (χ0v) is 8.25. The smallest absolute Gasteiger partial charge is 0.179 e. The number of hydrogen-bond acceptors (Lipinski definition) is 4. The molecule has 2 N–H and O–H groups in total. The Morgan fingerprint density at radius 3 is 2.86 bits per heavy atom. The summed E-state index contributed by atoms with van der Waals surface area (Å²) in [6, 6.07) is 0.0653. The number of hydrogen-bond donors (Lipinski definition) is 1. The fourth-order valence-corrected chi connectivity index (χ4v) is 1.32. The Balaban J connectivity index is 2.53. The third-order valence-electron chi connectivity index (χ3n) is 2.44. The summed E-state index contributed by atoms with van der Waals surface area (Å²) in [6.45, 7) is 4.01. The Morgan fingerprint density at radius 2 is 2.14 bits per heavy atom. The van der Waals surface area contributed by atoms with Gasteiger partial charge in [-0.1, -0.05) is 6.92 Å². The van der Waals surface area contributed by atoms with Crippen LogP contribution in [-0.2, 0) is 0 Å². The lowest BCUT2D eigenvalue weighted by atomic mass is 10.0. The van der Waals surface area contributed by atoms with Gasteiger partial charge in [0.15, 0.2) is 5.65 Å². The molecule has 5 nitrogen and oxygen atoms in total. The minimum Gasteiger partial charge on any atom is -0.327 e. The molecule has 2 unspecified atom stereocenters. The summed E-state index contributed by atoms with van der Waals surface area (Å²) in [5.74, 6) is 1.07. The highest BCUT2D eigenvalue weighted by Crippen LogP contribution is 2.15. The van der Waals surface area contributed by atoms with E-state index >= 15 is 0 Å². The molecule has 2 rings (SSSR count). The first kappa shape index (κ1) is 9.08. The van der Waals surface area contributed by atoms with E-state index in [1.807, 2.05) is 24.4 Å². The lowest BCUT2D eigenvalue weighted by Gasteiger charge is -2.12. The Bertz CT molecular complexity index is 433. The summed E-state index contributed by atoms with van der Waals surface area (Å²) >= 11 is 0. The number of nitrogens with two attached hydrogens (primary N) is 1. The molecule has 14 heavy (non-hydrogen) atoms. The highest BCUT2D eigenvalue weighted by atomic mass is 15.3. The molecule has 0 fully saturated rings. The van der Waals surface area contributed by atoms with Crippen molar-refractivity contribution in [3.05, 3.63) is 24.4 Å². The number of fused-ring (bicyclic) bond motifs is 1. The molecule has 0 aliphatic heterocycles. The van der Waals surface area contributed by atoms with Crippen LogP contribution in [0, 0.1) is 0 Å². The Kier molecular flexibility index (Phi) is 2.17. The van der Waals surface area contributed by atoms with E-state index in [2.05, 4.69) is 15.2 Å². The fraction of sp³-hybridized carbons (Fsp3) is 0.444. The highest BCUT2D eigenvalue weighted by molar-refractivity contribution is 5.34. The van der Waals surface area contributed by atoms with Gasteiger partial charge in [-0.3, -0.25) is 9.38 Å². The second-order valence-electron chi connectivity index (χ2n) is 3.51. The summed E-state index contributed by atoms with van der Waals surface area (Å²) in [5.41, 5.74) is 6.58. The van der Waals surface area contributed by atoms with E-state index in [0.717, 1.165) is 11.5 Å². The molecular formula is C9H13N5. The van der Waals surface area contributed by atoms with Gasteiger partial charge in [0.2, 0.25) is 0 Å². The molecule has 2 aromatic rings. The van der Waals surface area contributed by atoms with Crippen LogP contribution in [0.3, 0.4) is 0 Å². The van der Waals surface area contributed by atoms with Crippen molar-refractivity contribution in [1.82, 2.24) is 19.6 Å².